The van der Waals surface area contributed by atoms with E-state index >= 15 is 0 Å². The van der Waals surface area contributed by atoms with Gasteiger partial charge in [-0.3, -0.25) is 0 Å². The van der Waals surface area contributed by atoms with Gasteiger partial charge in [0.1, 0.15) is 0 Å². The van der Waals surface area contributed by atoms with Gasteiger partial charge in [0.25, 0.3) is 0 Å². The third-order valence-corrected chi connectivity index (χ3v) is 5.05. The van der Waals surface area contributed by atoms with Crippen molar-refractivity contribution in [2.45, 2.75) is 45.4 Å². The molecule has 0 spiro atoms. The first-order chi connectivity index (χ1) is 8.67. The lowest BCUT2D eigenvalue weighted by Gasteiger charge is -2.34. The molecule has 0 amide bonds. The molecule has 0 aliphatic heterocycles. The highest BCUT2D eigenvalue weighted by molar-refractivity contribution is 14.1. The van der Waals surface area contributed by atoms with Crippen LogP contribution in [0.2, 0.25) is 0 Å². The quantitative estimate of drug-likeness (QED) is 0.706. The van der Waals surface area contributed by atoms with E-state index in [2.05, 4.69) is 59.8 Å². The van der Waals surface area contributed by atoms with Gasteiger partial charge in [-0.05, 0) is 78.3 Å². The minimum Gasteiger partial charge on any atom is -0.198 e. The molecule has 0 heterocycles. The number of nitrogens with zero attached hydrogens (tertiary/aromatic N) is 1. The molecular formula is C16H20IN. The second kappa shape index (κ2) is 6.06. The summed E-state index contributed by atoms with van der Waals surface area (Å²) in [4.78, 5) is 0. The van der Waals surface area contributed by atoms with Gasteiger partial charge in [-0.15, -0.1) is 0 Å². The summed E-state index contributed by atoms with van der Waals surface area (Å²) in [7, 11) is 0. The van der Waals surface area contributed by atoms with Crippen molar-refractivity contribution in [3.05, 3.63) is 33.4 Å². The van der Waals surface area contributed by atoms with E-state index in [1.807, 2.05) is 0 Å². The van der Waals surface area contributed by atoms with Crippen molar-refractivity contribution in [2.75, 3.05) is 0 Å². The molecule has 2 rings (SSSR count). The first-order valence-corrected chi connectivity index (χ1v) is 7.91. The summed E-state index contributed by atoms with van der Waals surface area (Å²) >= 11 is 2.32. The molecule has 0 unspecified atom stereocenters. The van der Waals surface area contributed by atoms with Gasteiger partial charge >= 0.3 is 0 Å². The molecule has 1 aliphatic carbocycles. The molecule has 2 heteroatoms. The van der Waals surface area contributed by atoms with Crippen molar-refractivity contribution >= 4 is 22.6 Å². The van der Waals surface area contributed by atoms with Crippen molar-refractivity contribution < 1.29 is 0 Å². The van der Waals surface area contributed by atoms with Crippen LogP contribution in [0.3, 0.4) is 0 Å². The Balaban J connectivity index is 2.06. The molecule has 1 fully saturated rings. The van der Waals surface area contributed by atoms with Crippen LogP contribution >= 0.6 is 22.6 Å². The van der Waals surface area contributed by atoms with Crippen LogP contribution in [-0.2, 0) is 6.42 Å². The summed E-state index contributed by atoms with van der Waals surface area (Å²) in [6.07, 6.45) is 6.81. The van der Waals surface area contributed by atoms with Crippen LogP contribution in [0.1, 0.15) is 44.6 Å². The number of hydrogen-bond acceptors (Lipinski definition) is 1. The molecule has 0 aromatic heterocycles. The summed E-state index contributed by atoms with van der Waals surface area (Å²) in [6.45, 7) is 2.27. The van der Waals surface area contributed by atoms with E-state index in [-0.39, 0.29) is 5.41 Å². The van der Waals surface area contributed by atoms with Gasteiger partial charge in [0, 0.05) is 3.57 Å². The zero-order chi connectivity index (χ0) is 13.0. The molecule has 18 heavy (non-hydrogen) atoms. The Morgan fingerprint density at radius 2 is 1.89 bits per heavy atom. The molecule has 1 aliphatic rings. The van der Waals surface area contributed by atoms with Gasteiger partial charge in [0.05, 0.1) is 11.5 Å². The van der Waals surface area contributed by atoms with E-state index in [9.17, 15) is 5.26 Å². The Morgan fingerprint density at radius 3 is 2.39 bits per heavy atom. The standard InChI is InChI=1S/C16H20IN/c1-2-13-7-9-16(12-18,10-8-13)11-14-3-5-15(17)6-4-14/h3-6,13H,2,7-11H2,1H3. The molecule has 0 radical (unpaired) electrons. The van der Waals surface area contributed by atoms with Crippen LogP contribution in [-0.4, -0.2) is 0 Å². The Hall–Kier alpha value is -0.560. The maximum absolute atomic E-state index is 9.56. The average Bonchev–Trinajstić information content (AvgIpc) is 2.42. The molecule has 0 N–H and O–H groups in total. The van der Waals surface area contributed by atoms with Gasteiger partial charge in [0.15, 0.2) is 0 Å². The van der Waals surface area contributed by atoms with Crippen LogP contribution in [0.5, 0.6) is 0 Å². The van der Waals surface area contributed by atoms with E-state index in [4.69, 9.17) is 0 Å². The van der Waals surface area contributed by atoms with Crippen molar-refractivity contribution in [1.82, 2.24) is 0 Å². The zero-order valence-electron chi connectivity index (χ0n) is 11.0. The Labute approximate surface area is 124 Å². The lowest BCUT2D eigenvalue weighted by molar-refractivity contribution is 0.205. The van der Waals surface area contributed by atoms with Crippen molar-refractivity contribution in [3.8, 4) is 6.07 Å². The van der Waals surface area contributed by atoms with Crippen LogP contribution in [0.15, 0.2) is 24.3 Å². The zero-order valence-corrected chi connectivity index (χ0v) is 13.1. The van der Waals surface area contributed by atoms with Crippen LogP contribution in [0.25, 0.3) is 0 Å². The van der Waals surface area contributed by atoms with Crippen molar-refractivity contribution in [3.63, 3.8) is 0 Å². The second-order valence-corrected chi connectivity index (χ2v) is 6.79. The fraction of sp³-hybridized carbons (Fsp3) is 0.562. The van der Waals surface area contributed by atoms with Gasteiger partial charge in [0.2, 0.25) is 0 Å². The maximum atomic E-state index is 9.56. The Morgan fingerprint density at radius 1 is 1.28 bits per heavy atom. The number of benzene rings is 1. The van der Waals surface area contributed by atoms with Crippen LogP contribution in [0, 0.1) is 26.2 Å². The normalized spacial score (nSPS) is 27.7. The van der Waals surface area contributed by atoms with Crippen LogP contribution < -0.4 is 0 Å². The summed E-state index contributed by atoms with van der Waals surface area (Å²) in [5, 5.41) is 9.56. The molecule has 1 aromatic carbocycles. The Kier molecular flexibility index (Phi) is 4.66. The molecule has 1 saturated carbocycles. The second-order valence-electron chi connectivity index (χ2n) is 5.55. The highest BCUT2D eigenvalue weighted by atomic mass is 127. The molecule has 96 valence electrons. The number of rotatable bonds is 3. The lowest BCUT2D eigenvalue weighted by Crippen LogP contribution is -2.28. The van der Waals surface area contributed by atoms with E-state index in [1.165, 1.54) is 28.4 Å². The van der Waals surface area contributed by atoms with Gasteiger partial charge < -0.3 is 0 Å². The summed E-state index contributed by atoms with van der Waals surface area (Å²) in [6, 6.07) is 11.2. The minimum absolute atomic E-state index is 0.0988. The first-order valence-electron chi connectivity index (χ1n) is 6.83. The van der Waals surface area contributed by atoms with Gasteiger partial charge in [-0.2, -0.15) is 5.26 Å². The van der Waals surface area contributed by atoms with Crippen molar-refractivity contribution in [1.29, 1.82) is 5.26 Å². The molecule has 1 nitrogen and oxygen atoms in total. The SMILES string of the molecule is CCC1CCC(C#N)(Cc2ccc(I)cc2)CC1. The first kappa shape index (κ1) is 13.9. The number of nitriles is 1. The fourth-order valence-corrected chi connectivity index (χ4v) is 3.32. The summed E-state index contributed by atoms with van der Waals surface area (Å²) in [5.41, 5.74) is 1.21. The molecule has 0 bridgehead atoms. The van der Waals surface area contributed by atoms with E-state index in [0.29, 0.717) is 0 Å². The van der Waals surface area contributed by atoms with Gasteiger partial charge in [-0.25, -0.2) is 0 Å². The molecule has 1 aromatic rings. The smallest absolute Gasteiger partial charge is 0.0693 e. The topological polar surface area (TPSA) is 23.8 Å². The molecule has 0 atom stereocenters. The molecule has 0 saturated heterocycles. The monoisotopic (exact) mass is 353 g/mol. The third-order valence-electron chi connectivity index (χ3n) is 4.33. The minimum atomic E-state index is -0.0988. The lowest BCUT2D eigenvalue weighted by atomic mass is 9.68. The van der Waals surface area contributed by atoms with E-state index in [1.54, 1.807) is 0 Å². The summed E-state index contributed by atoms with van der Waals surface area (Å²) < 4.78 is 1.26. The van der Waals surface area contributed by atoms with E-state index < -0.39 is 0 Å². The molecular weight excluding hydrogens is 333 g/mol. The average molecular weight is 353 g/mol. The Bertz CT molecular complexity index is 421. The van der Waals surface area contributed by atoms with Gasteiger partial charge in [-0.1, -0.05) is 25.5 Å². The summed E-state index contributed by atoms with van der Waals surface area (Å²) in [5.74, 6) is 0.850. The fourth-order valence-electron chi connectivity index (χ4n) is 2.96. The maximum Gasteiger partial charge on any atom is 0.0693 e. The number of hydrogen-bond donors (Lipinski definition) is 0. The predicted molar refractivity (Wildman–Crippen MR) is 83.2 cm³/mol. The number of halogens is 1. The highest BCUT2D eigenvalue weighted by Crippen LogP contribution is 2.41. The highest BCUT2D eigenvalue weighted by Gasteiger charge is 2.34. The third kappa shape index (κ3) is 3.26. The van der Waals surface area contributed by atoms with Crippen LogP contribution in [0.4, 0.5) is 0 Å². The van der Waals surface area contributed by atoms with Crippen molar-refractivity contribution in [2.24, 2.45) is 11.3 Å². The van der Waals surface area contributed by atoms with E-state index in [0.717, 1.165) is 25.2 Å². The predicted octanol–water partition coefficient (Wildman–Crippen LogP) is 4.94. The largest absolute Gasteiger partial charge is 0.198 e.